The number of hydrogen-bond donors (Lipinski definition) is 1. The average Bonchev–Trinajstić information content (AvgIpc) is 2.16. The van der Waals surface area contributed by atoms with Gasteiger partial charge in [-0.3, -0.25) is 0 Å². The Bertz CT molecular complexity index is 86.2. The number of aliphatic hydroxyl groups excluding tert-OH is 1. The second-order valence-electron chi connectivity index (χ2n) is 3.10. The maximum atomic E-state index is 8.92. The highest BCUT2D eigenvalue weighted by Gasteiger charge is 2.06. The summed E-state index contributed by atoms with van der Waals surface area (Å²) in [6.07, 6.45) is 3.03. The molecule has 0 aliphatic carbocycles. The van der Waals surface area contributed by atoms with Crippen molar-refractivity contribution in [1.82, 2.24) is 0 Å². The minimum absolute atomic E-state index is 0.0490. The smallest absolute Gasteiger partial charge is 0.104 e. The largest absolute Gasteiger partial charge is 0.394 e. The maximum Gasteiger partial charge on any atom is 0.104 e. The Labute approximate surface area is 81.0 Å². The molecule has 3 heteroatoms. The molecule has 0 heterocycles. The van der Waals surface area contributed by atoms with Gasteiger partial charge in [0.15, 0.2) is 0 Å². The molecule has 0 amide bonds. The molecule has 0 fully saturated rings. The Morgan fingerprint density at radius 2 is 1.92 bits per heavy atom. The van der Waals surface area contributed by atoms with Gasteiger partial charge in [0.1, 0.15) is 6.10 Å². The molecule has 0 aromatic carbocycles. The first kappa shape index (κ1) is 12.9. The van der Waals surface area contributed by atoms with E-state index in [9.17, 15) is 0 Å². The van der Waals surface area contributed by atoms with Crippen LogP contribution in [0.15, 0.2) is 0 Å². The topological polar surface area (TPSA) is 38.7 Å². The molecule has 1 atom stereocenters. The highest BCUT2D eigenvalue weighted by molar-refractivity contribution is 4.53. The lowest BCUT2D eigenvalue weighted by Crippen LogP contribution is -2.24. The normalized spacial score (nSPS) is 13.2. The number of rotatable bonds is 9. The van der Waals surface area contributed by atoms with Crippen molar-refractivity contribution in [3.8, 4) is 0 Å². The minimum atomic E-state index is -0.141. The van der Waals surface area contributed by atoms with Gasteiger partial charge in [-0.05, 0) is 12.8 Å². The number of unbranched alkanes of at least 4 members (excludes halogenated alkanes) is 1. The van der Waals surface area contributed by atoms with Crippen molar-refractivity contribution in [3.05, 3.63) is 0 Å². The fourth-order valence-corrected chi connectivity index (χ4v) is 0.907. The highest BCUT2D eigenvalue weighted by Crippen LogP contribution is 1.96. The molecule has 0 aromatic rings. The molecule has 0 saturated heterocycles. The predicted octanol–water partition coefficient (Wildman–Crippen LogP) is 1.59. The lowest BCUT2D eigenvalue weighted by atomic mass is 10.3. The Kier molecular flexibility index (Phi) is 9.87. The molecule has 0 aliphatic rings. The van der Waals surface area contributed by atoms with Gasteiger partial charge in [0.25, 0.3) is 0 Å². The summed E-state index contributed by atoms with van der Waals surface area (Å²) >= 11 is 0. The van der Waals surface area contributed by atoms with Crippen LogP contribution < -0.4 is 0 Å². The molecule has 1 unspecified atom stereocenters. The molecule has 0 spiro atoms. The molecule has 3 nitrogen and oxygen atoms in total. The number of hydrogen-bond acceptors (Lipinski definition) is 3. The summed E-state index contributed by atoms with van der Waals surface area (Å²) in [6.45, 7) is 6.20. The second kappa shape index (κ2) is 9.96. The van der Waals surface area contributed by atoms with Gasteiger partial charge in [-0.15, -0.1) is 0 Å². The molecule has 0 radical (unpaired) electrons. The summed E-state index contributed by atoms with van der Waals surface area (Å²) < 4.78 is 10.7. The molecular weight excluding hydrogens is 168 g/mol. The van der Waals surface area contributed by atoms with Crippen LogP contribution in [0.5, 0.6) is 0 Å². The highest BCUT2D eigenvalue weighted by atomic mass is 16.5. The fraction of sp³-hybridized carbons (Fsp3) is 1.00. The van der Waals surface area contributed by atoms with Crippen LogP contribution in [0.4, 0.5) is 0 Å². The van der Waals surface area contributed by atoms with Gasteiger partial charge in [-0.25, -0.2) is 0 Å². The second-order valence-corrected chi connectivity index (χ2v) is 3.10. The van der Waals surface area contributed by atoms with Crippen LogP contribution >= 0.6 is 0 Å². The standard InChI is InChI=1S/C10H22O3/c1-3-5-7-13-10(8-11)9-12-6-4-2/h10-11H,3-9H2,1-2H3. The molecule has 13 heavy (non-hydrogen) atoms. The molecule has 0 bridgehead atoms. The zero-order valence-corrected chi connectivity index (χ0v) is 8.79. The van der Waals surface area contributed by atoms with Crippen molar-refractivity contribution < 1.29 is 14.6 Å². The van der Waals surface area contributed by atoms with Crippen molar-refractivity contribution in [2.24, 2.45) is 0 Å². The first-order valence-electron chi connectivity index (χ1n) is 5.15. The molecule has 0 saturated carbocycles. The number of ether oxygens (including phenoxy) is 2. The van der Waals surface area contributed by atoms with Gasteiger partial charge in [0.2, 0.25) is 0 Å². The van der Waals surface area contributed by atoms with Gasteiger partial charge in [0.05, 0.1) is 13.2 Å². The van der Waals surface area contributed by atoms with Gasteiger partial charge in [-0.2, -0.15) is 0 Å². The van der Waals surface area contributed by atoms with Crippen molar-refractivity contribution in [3.63, 3.8) is 0 Å². The van der Waals surface area contributed by atoms with E-state index in [1.54, 1.807) is 0 Å². The van der Waals surface area contributed by atoms with E-state index in [2.05, 4.69) is 13.8 Å². The monoisotopic (exact) mass is 190 g/mol. The van der Waals surface area contributed by atoms with Crippen molar-refractivity contribution >= 4 is 0 Å². The van der Waals surface area contributed by atoms with E-state index in [0.29, 0.717) is 6.61 Å². The molecule has 1 N–H and O–H groups in total. The summed E-state index contributed by atoms with van der Waals surface area (Å²) in [4.78, 5) is 0. The number of aliphatic hydroxyl groups is 1. The van der Waals surface area contributed by atoms with E-state index in [4.69, 9.17) is 14.6 Å². The summed E-state index contributed by atoms with van der Waals surface area (Å²) in [5, 5.41) is 8.92. The first-order valence-corrected chi connectivity index (χ1v) is 5.15. The Hall–Kier alpha value is -0.120. The van der Waals surface area contributed by atoms with E-state index in [0.717, 1.165) is 32.5 Å². The molecular formula is C10H22O3. The third kappa shape index (κ3) is 8.22. The fourth-order valence-electron chi connectivity index (χ4n) is 0.907. The Morgan fingerprint density at radius 3 is 2.46 bits per heavy atom. The van der Waals surface area contributed by atoms with Crippen LogP contribution in [0, 0.1) is 0 Å². The zero-order valence-electron chi connectivity index (χ0n) is 8.79. The summed E-state index contributed by atoms with van der Waals surface area (Å²) in [7, 11) is 0. The molecule has 0 aromatic heterocycles. The Balaban J connectivity index is 3.28. The van der Waals surface area contributed by atoms with Crippen LogP contribution in [0.25, 0.3) is 0 Å². The SMILES string of the molecule is CCCCOC(CO)COCCC. The van der Waals surface area contributed by atoms with E-state index >= 15 is 0 Å². The lowest BCUT2D eigenvalue weighted by molar-refractivity contribution is -0.0428. The van der Waals surface area contributed by atoms with Gasteiger partial charge < -0.3 is 14.6 Å². The van der Waals surface area contributed by atoms with E-state index in [1.807, 2.05) is 0 Å². The first-order chi connectivity index (χ1) is 6.35. The molecule has 80 valence electrons. The predicted molar refractivity (Wildman–Crippen MR) is 52.8 cm³/mol. The van der Waals surface area contributed by atoms with Crippen LogP contribution in [-0.2, 0) is 9.47 Å². The summed E-state index contributed by atoms with van der Waals surface area (Å²) in [5.74, 6) is 0. The third-order valence-corrected chi connectivity index (χ3v) is 1.71. The summed E-state index contributed by atoms with van der Waals surface area (Å²) in [6, 6.07) is 0. The quantitative estimate of drug-likeness (QED) is 0.561. The maximum absolute atomic E-state index is 8.92. The van der Waals surface area contributed by atoms with E-state index < -0.39 is 0 Å². The van der Waals surface area contributed by atoms with Gasteiger partial charge in [0, 0.05) is 13.2 Å². The zero-order chi connectivity index (χ0) is 9.94. The van der Waals surface area contributed by atoms with Crippen molar-refractivity contribution in [2.75, 3.05) is 26.4 Å². The molecule has 0 aliphatic heterocycles. The lowest BCUT2D eigenvalue weighted by Gasteiger charge is -2.14. The van der Waals surface area contributed by atoms with E-state index in [-0.39, 0.29) is 12.7 Å². The van der Waals surface area contributed by atoms with Gasteiger partial charge >= 0.3 is 0 Å². The molecule has 0 rings (SSSR count). The van der Waals surface area contributed by atoms with E-state index in [1.165, 1.54) is 0 Å². The van der Waals surface area contributed by atoms with Crippen LogP contribution in [0.1, 0.15) is 33.1 Å². The van der Waals surface area contributed by atoms with Crippen LogP contribution in [0.3, 0.4) is 0 Å². The minimum Gasteiger partial charge on any atom is -0.394 e. The van der Waals surface area contributed by atoms with Crippen LogP contribution in [-0.4, -0.2) is 37.6 Å². The average molecular weight is 190 g/mol. The van der Waals surface area contributed by atoms with Crippen molar-refractivity contribution in [2.45, 2.75) is 39.2 Å². The van der Waals surface area contributed by atoms with Crippen molar-refractivity contribution in [1.29, 1.82) is 0 Å². The van der Waals surface area contributed by atoms with Gasteiger partial charge in [-0.1, -0.05) is 20.3 Å². The van der Waals surface area contributed by atoms with Crippen LogP contribution in [0.2, 0.25) is 0 Å². The summed E-state index contributed by atoms with van der Waals surface area (Å²) in [5.41, 5.74) is 0. The Morgan fingerprint density at radius 1 is 1.15 bits per heavy atom. The third-order valence-electron chi connectivity index (χ3n) is 1.71.